The van der Waals surface area contributed by atoms with E-state index >= 15 is 0 Å². The summed E-state index contributed by atoms with van der Waals surface area (Å²) in [6.07, 6.45) is 1.15. The number of H-pyrrole nitrogens is 2. The number of imidazole rings is 1. The largest absolute Gasteiger partial charge is 0.411 e. The zero-order chi connectivity index (χ0) is 23.3. The average Bonchev–Trinajstić information content (AvgIpc) is 3.38. The van der Waals surface area contributed by atoms with Crippen LogP contribution in [0.25, 0.3) is 11.2 Å². The number of hydrogen-bond acceptors (Lipinski definition) is 9. The van der Waals surface area contributed by atoms with E-state index in [1.54, 1.807) is 27.3 Å². The highest BCUT2D eigenvalue weighted by molar-refractivity contribution is 9.00. The fourth-order valence-corrected chi connectivity index (χ4v) is 13.7. The predicted octanol–water partition coefficient (Wildman–Crippen LogP) is 3.81. The quantitative estimate of drug-likeness (QED) is 0.420. The monoisotopic (exact) mass is 536 g/mol. The molecule has 178 valence electrons. The van der Waals surface area contributed by atoms with Crippen molar-refractivity contribution < 1.29 is 13.7 Å². The lowest BCUT2D eigenvalue weighted by atomic mass is 10.2. The first kappa shape index (κ1) is 24.7. The summed E-state index contributed by atoms with van der Waals surface area (Å²) in [5.41, 5.74) is -0.596. The molecule has 32 heavy (non-hydrogen) atoms. The highest BCUT2D eigenvalue weighted by Gasteiger charge is 2.46. The lowest BCUT2D eigenvalue weighted by Gasteiger charge is -2.39. The smallest absolute Gasteiger partial charge is 0.327 e. The molecule has 0 aromatic carbocycles. The average molecular weight is 537 g/mol. The van der Waals surface area contributed by atoms with Crippen molar-refractivity contribution in [3.8, 4) is 0 Å². The summed E-state index contributed by atoms with van der Waals surface area (Å²) in [6, 6.07) is 0. The van der Waals surface area contributed by atoms with Crippen molar-refractivity contribution in [2.45, 2.75) is 63.8 Å². The summed E-state index contributed by atoms with van der Waals surface area (Å²) in [4.78, 5) is 33.0. The summed E-state index contributed by atoms with van der Waals surface area (Å²) in [7, 11) is -2.08. The van der Waals surface area contributed by atoms with E-state index in [4.69, 9.17) is 25.5 Å². The summed E-state index contributed by atoms with van der Waals surface area (Å²) >= 11 is 9.22. The van der Waals surface area contributed by atoms with Crippen LogP contribution >= 0.6 is 27.4 Å². The zero-order valence-corrected chi connectivity index (χ0v) is 23.1. The minimum atomic E-state index is -2.08. The maximum absolute atomic E-state index is 12.1. The number of nitrogens with zero attached hydrogens (tertiary/aromatic N) is 2. The van der Waals surface area contributed by atoms with Gasteiger partial charge in [-0.3, -0.25) is 19.3 Å². The van der Waals surface area contributed by atoms with E-state index in [-0.39, 0.29) is 22.8 Å². The number of ether oxygens (including phenoxy) is 1. The van der Waals surface area contributed by atoms with Gasteiger partial charge in [-0.2, -0.15) is 0 Å². The van der Waals surface area contributed by atoms with Crippen LogP contribution in [-0.2, 0) is 25.5 Å². The van der Waals surface area contributed by atoms with Crippen LogP contribution in [0.15, 0.2) is 15.9 Å². The molecular weight excluding hydrogens is 507 g/mol. The maximum Gasteiger partial charge on any atom is 0.327 e. The highest BCUT2D eigenvalue weighted by Crippen LogP contribution is 2.74. The Hall–Kier alpha value is -0.403. The van der Waals surface area contributed by atoms with Gasteiger partial charge in [-0.25, -0.2) is 9.78 Å². The second kappa shape index (κ2) is 8.99. The summed E-state index contributed by atoms with van der Waals surface area (Å²) < 4.78 is 19.1. The fraction of sp³-hybridized carbons (Fsp3) is 0.722. The molecule has 2 aliphatic rings. The van der Waals surface area contributed by atoms with E-state index < -0.39 is 30.5 Å². The van der Waals surface area contributed by atoms with E-state index in [2.05, 4.69) is 48.8 Å². The minimum Gasteiger partial charge on any atom is -0.411 e. The van der Waals surface area contributed by atoms with E-state index in [0.29, 0.717) is 18.7 Å². The Morgan fingerprint density at radius 3 is 2.66 bits per heavy atom. The standard InChI is InChI=1S/C18H29N4O5PS3Si/c1-18(2,3)32(4,5)27-11-8-13(26-12(11)9-25-28(29)30-6-7-31-28)22-10-19-14-15(22)20-17(24)21-16(14)23/h10-13H,6-9H2,1-5H3,(H2,20,21,23,24)/t11-,12+,13+/m0/s1. The molecule has 2 aromatic heterocycles. The fourth-order valence-electron chi connectivity index (χ4n) is 3.45. The van der Waals surface area contributed by atoms with Gasteiger partial charge in [-0.15, -0.1) is 0 Å². The van der Waals surface area contributed by atoms with Gasteiger partial charge in [0.25, 0.3) is 5.56 Å². The van der Waals surface area contributed by atoms with Gasteiger partial charge < -0.3 is 13.7 Å². The number of rotatable bonds is 6. The molecule has 4 rings (SSSR count). The van der Waals surface area contributed by atoms with E-state index in [1.165, 1.54) is 6.33 Å². The molecule has 9 nitrogen and oxygen atoms in total. The number of fused-ring (bicyclic) bond motifs is 1. The first-order valence-corrected chi connectivity index (χ1v) is 19.3. The van der Waals surface area contributed by atoms with Gasteiger partial charge in [0.1, 0.15) is 18.0 Å². The molecule has 0 amide bonds. The molecule has 0 saturated carbocycles. The molecule has 0 unspecified atom stereocenters. The Labute approximate surface area is 200 Å². The van der Waals surface area contributed by atoms with Gasteiger partial charge in [0.15, 0.2) is 18.5 Å². The highest BCUT2D eigenvalue weighted by atomic mass is 33.2. The van der Waals surface area contributed by atoms with E-state index in [1.807, 2.05) is 0 Å². The SMILES string of the molecule is CC(C)(C)[Si](C)(C)O[C@H]1C[C@H](n2cnc3c(=O)[nH]c(=O)[nH]c32)O[C@@H]1COP1(=S)SCCS1. The Morgan fingerprint density at radius 2 is 2.00 bits per heavy atom. The van der Waals surface area contributed by atoms with Gasteiger partial charge in [0.2, 0.25) is 0 Å². The van der Waals surface area contributed by atoms with Crippen LogP contribution in [-0.4, -0.2) is 58.2 Å². The van der Waals surface area contributed by atoms with Gasteiger partial charge in [0, 0.05) is 17.9 Å². The normalized spacial score (nSPS) is 26.2. The van der Waals surface area contributed by atoms with Gasteiger partial charge in [0.05, 0.1) is 19.0 Å². The molecule has 2 aliphatic heterocycles. The Balaban J connectivity index is 1.61. The molecule has 0 spiro atoms. The first-order valence-electron chi connectivity index (χ1n) is 10.4. The van der Waals surface area contributed by atoms with Crippen molar-refractivity contribution in [2.75, 3.05) is 18.1 Å². The van der Waals surface area contributed by atoms with Crippen LogP contribution in [0.4, 0.5) is 0 Å². The van der Waals surface area contributed by atoms with Crippen molar-refractivity contribution in [1.82, 2.24) is 19.5 Å². The van der Waals surface area contributed by atoms with Gasteiger partial charge in [-0.1, -0.05) is 43.5 Å². The van der Waals surface area contributed by atoms with E-state index in [9.17, 15) is 9.59 Å². The van der Waals surface area contributed by atoms with Crippen LogP contribution in [0.1, 0.15) is 33.4 Å². The molecule has 2 saturated heterocycles. The lowest BCUT2D eigenvalue weighted by molar-refractivity contribution is -0.0336. The molecule has 2 fully saturated rings. The Morgan fingerprint density at radius 1 is 1.31 bits per heavy atom. The molecule has 0 aliphatic carbocycles. The number of aromatic amines is 2. The van der Waals surface area contributed by atoms with Gasteiger partial charge >= 0.3 is 5.69 Å². The second-order valence-corrected chi connectivity index (χ2v) is 24.9. The van der Waals surface area contributed by atoms with Crippen molar-refractivity contribution in [3.05, 3.63) is 27.2 Å². The summed E-state index contributed by atoms with van der Waals surface area (Å²) in [5, 5.41) is 0.0418. The van der Waals surface area contributed by atoms with Crippen LogP contribution in [0.5, 0.6) is 0 Å². The third-order valence-electron chi connectivity index (χ3n) is 6.19. The number of aromatic nitrogens is 4. The minimum absolute atomic E-state index is 0.0418. The second-order valence-electron chi connectivity index (χ2n) is 9.45. The zero-order valence-electron chi connectivity index (χ0n) is 18.7. The number of nitrogens with one attached hydrogen (secondary N) is 2. The van der Waals surface area contributed by atoms with Crippen LogP contribution < -0.4 is 11.2 Å². The van der Waals surface area contributed by atoms with Crippen LogP contribution in [0.3, 0.4) is 0 Å². The van der Waals surface area contributed by atoms with Crippen molar-refractivity contribution >= 4 is 58.7 Å². The number of hydrogen-bond donors (Lipinski definition) is 2. The molecule has 2 aromatic rings. The van der Waals surface area contributed by atoms with E-state index in [0.717, 1.165) is 11.5 Å². The molecule has 2 N–H and O–H groups in total. The lowest BCUT2D eigenvalue weighted by Crippen LogP contribution is -2.46. The van der Waals surface area contributed by atoms with Crippen molar-refractivity contribution in [1.29, 1.82) is 0 Å². The third kappa shape index (κ3) is 5.00. The Kier molecular flexibility index (Phi) is 6.94. The van der Waals surface area contributed by atoms with Crippen LogP contribution in [0.2, 0.25) is 18.1 Å². The van der Waals surface area contributed by atoms with Crippen molar-refractivity contribution in [2.24, 2.45) is 0 Å². The first-order chi connectivity index (χ1) is 14.9. The maximum atomic E-state index is 12.1. The molecule has 0 radical (unpaired) electrons. The summed E-state index contributed by atoms with van der Waals surface area (Å²) in [5.74, 6) is 2.03. The third-order valence-corrected chi connectivity index (χ3v) is 20.6. The molecule has 0 bridgehead atoms. The van der Waals surface area contributed by atoms with Gasteiger partial charge in [-0.05, 0) is 29.9 Å². The van der Waals surface area contributed by atoms with Crippen LogP contribution in [0, 0.1) is 0 Å². The molecule has 3 atom stereocenters. The molecule has 4 heterocycles. The summed E-state index contributed by atoms with van der Waals surface area (Å²) in [6.45, 7) is 11.4. The molecule has 14 heteroatoms. The van der Waals surface area contributed by atoms with Crippen molar-refractivity contribution in [3.63, 3.8) is 0 Å². The molecular formula is C18H29N4O5PS3Si. The topological polar surface area (TPSA) is 111 Å². The Bertz CT molecular complexity index is 1150. The predicted molar refractivity (Wildman–Crippen MR) is 137 cm³/mol.